The molecule has 8 heteroatoms. The van der Waals surface area contributed by atoms with E-state index in [0.717, 1.165) is 5.56 Å². The van der Waals surface area contributed by atoms with Crippen molar-refractivity contribution >= 4 is 64.1 Å². The van der Waals surface area contributed by atoms with Crippen molar-refractivity contribution in [2.75, 3.05) is 11.1 Å². The van der Waals surface area contributed by atoms with E-state index < -0.39 is 5.97 Å². The molecule has 0 aliphatic carbocycles. The van der Waals surface area contributed by atoms with Gasteiger partial charge in [-0.3, -0.25) is 4.79 Å². The van der Waals surface area contributed by atoms with Crippen molar-refractivity contribution in [1.82, 2.24) is 0 Å². The molecule has 0 spiro atoms. The first-order valence-electron chi connectivity index (χ1n) is 6.71. The van der Waals surface area contributed by atoms with Gasteiger partial charge in [-0.1, -0.05) is 40.9 Å². The number of carbonyl (C=O) groups is 2. The van der Waals surface area contributed by atoms with Gasteiger partial charge in [0.15, 0.2) is 0 Å². The van der Waals surface area contributed by atoms with Crippen LogP contribution < -0.4 is 5.32 Å². The summed E-state index contributed by atoms with van der Waals surface area (Å²) in [7, 11) is 0. The molecule has 0 atom stereocenters. The van der Waals surface area contributed by atoms with Crippen molar-refractivity contribution in [3.05, 3.63) is 62.6 Å². The van der Waals surface area contributed by atoms with Crippen LogP contribution in [0, 0.1) is 0 Å². The van der Waals surface area contributed by atoms with Crippen molar-refractivity contribution < 1.29 is 14.7 Å². The molecule has 2 aromatic carbocycles. The highest BCUT2D eigenvalue weighted by atomic mass is 35.5. The fraction of sp³-hybridized carbons (Fsp3) is 0.125. The lowest BCUT2D eigenvalue weighted by Gasteiger charge is -2.09. The normalized spacial score (nSPS) is 10.5. The maximum absolute atomic E-state index is 12.0. The van der Waals surface area contributed by atoms with Crippen LogP contribution >= 0.6 is 46.6 Å². The first-order valence-corrected chi connectivity index (χ1v) is 9.00. The number of hydrogen-bond donors (Lipinski definition) is 2. The zero-order valence-electron chi connectivity index (χ0n) is 12.2. The van der Waals surface area contributed by atoms with Gasteiger partial charge < -0.3 is 10.4 Å². The Morgan fingerprint density at radius 2 is 1.79 bits per heavy atom. The van der Waals surface area contributed by atoms with Crippen molar-refractivity contribution in [3.8, 4) is 0 Å². The minimum absolute atomic E-state index is 0.0512. The summed E-state index contributed by atoms with van der Waals surface area (Å²) >= 11 is 19.2. The van der Waals surface area contributed by atoms with Crippen LogP contribution in [0.4, 0.5) is 5.69 Å². The van der Waals surface area contributed by atoms with Crippen LogP contribution in [0.1, 0.15) is 15.9 Å². The quantitative estimate of drug-likeness (QED) is 0.693. The van der Waals surface area contributed by atoms with Crippen LogP contribution in [-0.4, -0.2) is 22.7 Å². The summed E-state index contributed by atoms with van der Waals surface area (Å²) in [6.45, 7) is 0. The van der Waals surface area contributed by atoms with Crippen molar-refractivity contribution in [3.63, 3.8) is 0 Å². The highest BCUT2D eigenvalue weighted by Crippen LogP contribution is 2.26. The Bertz CT molecular complexity index is 783. The van der Waals surface area contributed by atoms with Gasteiger partial charge in [-0.2, -0.15) is 0 Å². The molecule has 0 radical (unpaired) electrons. The van der Waals surface area contributed by atoms with E-state index in [4.69, 9.17) is 39.9 Å². The molecule has 0 aliphatic rings. The van der Waals surface area contributed by atoms with Gasteiger partial charge in [0, 0.05) is 15.8 Å². The minimum atomic E-state index is -1.09. The summed E-state index contributed by atoms with van der Waals surface area (Å²) in [5.41, 5.74) is 1.20. The zero-order valence-corrected chi connectivity index (χ0v) is 15.3. The predicted octanol–water partition coefficient (Wildman–Crippen LogP) is 5.22. The fourth-order valence-electron chi connectivity index (χ4n) is 1.83. The Kier molecular flexibility index (Phi) is 6.80. The highest BCUT2D eigenvalue weighted by molar-refractivity contribution is 7.99. The van der Waals surface area contributed by atoms with E-state index >= 15 is 0 Å². The first-order chi connectivity index (χ1) is 11.4. The van der Waals surface area contributed by atoms with E-state index in [9.17, 15) is 9.59 Å². The zero-order chi connectivity index (χ0) is 17.7. The molecule has 2 rings (SSSR count). The number of amides is 1. The third-order valence-corrected chi connectivity index (χ3v) is 4.89. The number of anilines is 1. The molecule has 0 saturated heterocycles. The summed E-state index contributed by atoms with van der Waals surface area (Å²) in [5.74, 6) is -0.651. The molecule has 1 amide bonds. The Morgan fingerprint density at radius 3 is 2.46 bits per heavy atom. The van der Waals surface area contributed by atoms with Crippen LogP contribution in [0.3, 0.4) is 0 Å². The third-order valence-electron chi connectivity index (χ3n) is 2.99. The van der Waals surface area contributed by atoms with Crippen LogP contribution in [-0.2, 0) is 10.5 Å². The SMILES string of the molecule is O=C(CSCc1ccc(Cl)cc1Cl)Nc1cc(C(=O)O)ccc1Cl. The lowest BCUT2D eigenvalue weighted by molar-refractivity contribution is -0.113. The molecule has 2 aromatic rings. The standard InChI is InChI=1S/C16H12Cl3NO3S/c17-11-3-1-10(13(19)6-11)7-24-8-15(21)20-14-5-9(16(22)23)2-4-12(14)18/h1-6H,7-8H2,(H,20,21)(H,22,23). The summed E-state index contributed by atoms with van der Waals surface area (Å²) in [6.07, 6.45) is 0. The van der Waals surface area contributed by atoms with E-state index in [1.54, 1.807) is 12.1 Å². The lowest BCUT2D eigenvalue weighted by Crippen LogP contribution is -2.15. The van der Waals surface area contributed by atoms with Gasteiger partial charge in [0.05, 0.1) is 22.0 Å². The number of aromatic carboxylic acids is 1. The Morgan fingerprint density at radius 1 is 1.04 bits per heavy atom. The number of benzene rings is 2. The van der Waals surface area contributed by atoms with E-state index in [0.29, 0.717) is 15.8 Å². The fourth-order valence-corrected chi connectivity index (χ4v) is 3.38. The summed E-state index contributed by atoms with van der Waals surface area (Å²) in [6, 6.07) is 9.32. The monoisotopic (exact) mass is 403 g/mol. The Balaban J connectivity index is 1.92. The van der Waals surface area contributed by atoms with E-state index in [1.165, 1.54) is 30.0 Å². The van der Waals surface area contributed by atoms with Gasteiger partial charge in [0.1, 0.15) is 0 Å². The Hall–Kier alpha value is -1.40. The molecule has 0 saturated carbocycles. The second-order valence-corrected chi connectivity index (χ2v) is 7.01. The van der Waals surface area contributed by atoms with Crippen molar-refractivity contribution in [2.24, 2.45) is 0 Å². The van der Waals surface area contributed by atoms with Gasteiger partial charge in [-0.25, -0.2) is 4.79 Å². The van der Waals surface area contributed by atoms with Gasteiger partial charge >= 0.3 is 5.97 Å². The number of nitrogens with one attached hydrogen (secondary N) is 1. The highest BCUT2D eigenvalue weighted by Gasteiger charge is 2.11. The second kappa shape index (κ2) is 8.62. The molecule has 0 heterocycles. The maximum atomic E-state index is 12.0. The van der Waals surface area contributed by atoms with Gasteiger partial charge in [-0.15, -0.1) is 11.8 Å². The summed E-state index contributed by atoms with van der Waals surface area (Å²) < 4.78 is 0. The molecular weight excluding hydrogens is 393 g/mol. The van der Waals surface area contributed by atoms with Crippen molar-refractivity contribution in [1.29, 1.82) is 0 Å². The molecule has 0 aromatic heterocycles. The molecule has 0 aliphatic heterocycles. The van der Waals surface area contributed by atoms with Gasteiger partial charge in [0.25, 0.3) is 0 Å². The predicted molar refractivity (Wildman–Crippen MR) is 99.7 cm³/mol. The minimum Gasteiger partial charge on any atom is -0.478 e. The number of hydrogen-bond acceptors (Lipinski definition) is 3. The summed E-state index contributed by atoms with van der Waals surface area (Å²) in [5, 5.41) is 13.0. The second-order valence-electron chi connectivity index (χ2n) is 4.78. The topological polar surface area (TPSA) is 66.4 Å². The third kappa shape index (κ3) is 5.31. The van der Waals surface area contributed by atoms with Crippen molar-refractivity contribution in [2.45, 2.75) is 5.75 Å². The van der Waals surface area contributed by atoms with Gasteiger partial charge in [-0.05, 0) is 35.9 Å². The average Bonchev–Trinajstić information content (AvgIpc) is 2.51. The number of carbonyl (C=O) groups excluding carboxylic acids is 1. The number of halogens is 3. The largest absolute Gasteiger partial charge is 0.478 e. The first kappa shape index (κ1) is 18.9. The molecule has 24 heavy (non-hydrogen) atoms. The molecular formula is C16H12Cl3NO3S. The number of carboxylic acid groups (broad SMARTS) is 1. The van der Waals surface area contributed by atoms with Crippen LogP contribution in [0.15, 0.2) is 36.4 Å². The number of rotatable bonds is 6. The average molecular weight is 405 g/mol. The van der Waals surface area contributed by atoms with Gasteiger partial charge in [0.2, 0.25) is 5.91 Å². The molecule has 126 valence electrons. The molecule has 0 fully saturated rings. The number of thioether (sulfide) groups is 1. The van der Waals surface area contributed by atoms with E-state index in [2.05, 4.69) is 5.32 Å². The lowest BCUT2D eigenvalue weighted by atomic mass is 10.2. The van der Waals surface area contributed by atoms with E-state index in [1.807, 2.05) is 6.07 Å². The smallest absolute Gasteiger partial charge is 0.335 e. The summed E-state index contributed by atoms with van der Waals surface area (Å²) in [4.78, 5) is 22.9. The van der Waals surface area contributed by atoms with Crippen LogP contribution in [0.2, 0.25) is 15.1 Å². The van der Waals surface area contributed by atoms with Crippen LogP contribution in [0.25, 0.3) is 0 Å². The molecule has 4 nitrogen and oxygen atoms in total. The number of carboxylic acids is 1. The molecule has 0 bridgehead atoms. The van der Waals surface area contributed by atoms with Crippen LogP contribution in [0.5, 0.6) is 0 Å². The molecule has 2 N–H and O–H groups in total. The molecule has 0 unspecified atom stereocenters. The maximum Gasteiger partial charge on any atom is 0.335 e. The van der Waals surface area contributed by atoms with E-state index in [-0.39, 0.29) is 27.9 Å². The Labute approximate surface area is 158 Å².